The van der Waals surface area contributed by atoms with Crippen LogP contribution in [0, 0.1) is 0 Å². The molecule has 0 saturated carbocycles. The number of fused-ring (bicyclic) bond motifs is 27. The topological polar surface area (TPSA) is 60.0 Å². The quantitative estimate of drug-likeness (QED) is 0.142. The molecule has 0 radical (unpaired) electrons. The van der Waals surface area contributed by atoms with Crippen LogP contribution in [-0.2, 0) is 32.5 Å². The van der Waals surface area contributed by atoms with Crippen molar-refractivity contribution in [1.29, 1.82) is 0 Å². The van der Waals surface area contributed by atoms with Crippen molar-refractivity contribution in [2.24, 2.45) is 0 Å². The van der Waals surface area contributed by atoms with Crippen LogP contribution >= 0.6 is 0 Å². The zero-order valence-corrected chi connectivity index (χ0v) is 78.3. The summed E-state index contributed by atoms with van der Waals surface area (Å²) in [5, 5.41) is 20.0. The molecule has 3 aliphatic rings. The van der Waals surface area contributed by atoms with E-state index in [2.05, 4.69) is 450 Å². The van der Waals surface area contributed by atoms with Gasteiger partial charge in [-0.2, -0.15) is 0 Å². The minimum absolute atomic E-state index is 0.00883. The summed E-state index contributed by atoms with van der Waals surface area (Å²) in [6, 6.07) is 147. The molecule has 0 N–H and O–H groups in total. The average Bonchev–Trinajstić information content (AvgIpc) is 1.32. The molecular formula is C129H103N5O. The zero-order chi connectivity index (χ0) is 91.8. The maximum absolute atomic E-state index is 6.26. The second kappa shape index (κ2) is 31.0. The van der Waals surface area contributed by atoms with Crippen molar-refractivity contribution in [2.75, 3.05) is 4.90 Å². The van der Waals surface area contributed by atoms with Gasteiger partial charge in [0, 0.05) is 71.8 Å². The van der Waals surface area contributed by atoms with E-state index in [1.807, 2.05) is 48.5 Å². The van der Waals surface area contributed by atoms with Gasteiger partial charge in [0.1, 0.15) is 11.2 Å². The van der Waals surface area contributed by atoms with E-state index in [9.17, 15) is 0 Å². The van der Waals surface area contributed by atoms with Crippen molar-refractivity contribution in [3.05, 3.63) is 440 Å². The van der Waals surface area contributed by atoms with Gasteiger partial charge in [0.05, 0.1) is 11.0 Å². The first kappa shape index (κ1) is 82.5. The second-order valence-corrected chi connectivity index (χ2v) is 40.5. The molecule has 650 valence electrons. The van der Waals surface area contributed by atoms with Gasteiger partial charge in [0.15, 0.2) is 17.5 Å². The summed E-state index contributed by atoms with van der Waals surface area (Å²) in [4.78, 5) is 17.8. The molecule has 0 fully saturated rings. The molecule has 3 aliphatic carbocycles. The molecule has 0 amide bonds. The molecule has 3 heterocycles. The minimum atomic E-state index is -0.104. The Hall–Kier alpha value is -15.6. The highest BCUT2D eigenvalue weighted by molar-refractivity contribution is 6.19. The van der Waals surface area contributed by atoms with Crippen LogP contribution in [0.15, 0.2) is 411 Å². The number of aromatic nitrogens is 4. The minimum Gasteiger partial charge on any atom is -0.456 e. The summed E-state index contributed by atoms with van der Waals surface area (Å²) >= 11 is 0. The van der Waals surface area contributed by atoms with E-state index >= 15 is 0 Å². The van der Waals surface area contributed by atoms with Crippen LogP contribution in [0.4, 0.5) is 17.1 Å². The molecule has 26 rings (SSSR count). The number of hydrogen-bond acceptors (Lipinski definition) is 5. The second-order valence-electron chi connectivity index (χ2n) is 40.5. The monoisotopic (exact) mass is 1740 g/mol. The molecule has 6 nitrogen and oxygen atoms in total. The fraction of sp³-hybridized carbons (Fsp3) is 0.140. The Labute approximate surface area is 788 Å². The van der Waals surface area contributed by atoms with Gasteiger partial charge in [-0.15, -0.1) is 0 Å². The zero-order valence-electron chi connectivity index (χ0n) is 78.3. The predicted molar refractivity (Wildman–Crippen MR) is 570 cm³/mol. The van der Waals surface area contributed by atoms with Gasteiger partial charge in [-0.3, -0.25) is 0 Å². The van der Waals surface area contributed by atoms with Gasteiger partial charge < -0.3 is 13.9 Å². The Morgan fingerprint density at radius 2 is 0.644 bits per heavy atom. The molecule has 0 saturated heterocycles. The van der Waals surface area contributed by atoms with E-state index < -0.39 is 0 Å². The number of rotatable bonds is 8. The molecule has 135 heavy (non-hydrogen) atoms. The maximum atomic E-state index is 6.26. The van der Waals surface area contributed by atoms with E-state index in [0.717, 1.165) is 61.1 Å². The van der Waals surface area contributed by atoms with Crippen molar-refractivity contribution in [3.63, 3.8) is 0 Å². The molecular weight excluding hydrogens is 1640 g/mol. The van der Waals surface area contributed by atoms with E-state index in [0.29, 0.717) is 17.5 Å². The number of benzene rings is 20. The van der Waals surface area contributed by atoms with Crippen LogP contribution in [-0.4, -0.2) is 19.5 Å². The highest BCUT2D eigenvalue weighted by Crippen LogP contribution is 2.61. The molecule has 0 aliphatic heterocycles. The summed E-state index contributed by atoms with van der Waals surface area (Å²) < 4.78 is 8.64. The predicted octanol–water partition coefficient (Wildman–Crippen LogP) is 35.0. The molecule has 23 aromatic rings. The summed E-state index contributed by atoms with van der Waals surface area (Å²) in [5.41, 5.74) is 30.6. The Morgan fingerprint density at radius 1 is 0.222 bits per heavy atom. The van der Waals surface area contributed by atoms with Crippen molar-refractivity contribution < 1.29 is 4.42 Å². The SMILES string of the molecule is CC1(C)c2ccccc2-c2c(ccc3ccc4cc(-c5ccc(-n6c7ccccc7c7ccccc76)cc5)ccc4c23)C1(C)C.CC1(C)c2ccccc2-c2ccc3c(ccc4c(-c5nc(-c6ccccc6)nc(-c6cccc7oc8ccccc8c67)n5)cccc43)c2C1(C)C.CC1(C)c2ccccc2-c2ccc3ccc4cc(N(c5ccccc5)c5ccccc5)ccc4c3c2C1(C)C. The Kier molecular flexibility index (Phi) is 18.9. The van der Waals surface area contributed by atoms with Crippen LogP contribution < -0.4 is 4.90 Å². The Balaban J connectivity index is 0.000000112. The first-order chi connectivity index (χ1) is 65.5. The largest absolute Gasteiger partial charge is 0.456 e. The molecule has 20 aromatic carbocycles. The van der Waals surface area contributed by atoms with Gasteiger partial charge in [-0.05, 0) is 243 Å². The van der Waals surface area contributed by atoms with Gasteiger partial charge in [-0.1, -0.05) is 411 Å². The van der Waals surface area contributed by atoms with Crippen LogP contribution in [0.3, 0.4) is 0 Å². The smallest absolute Gasteiger partial charge is 0.164 e. The molecule has 0 atom stereocenters. The van der Waals surface area contributed by atoms with E-state index in [1.54, 1.807) is 0 Å². The van der Waals surface area contributed by atoms with E-state index in [1.165, 1.54) is 165 Å². The summed E-state index contributed by atoms with van der Waals surface area (Å²) in [6.45, 7) is 28.9. The van der Waals surface area contributed by atoms with Gasteiger partial charge in [0.2, 0.25) is 0 Å². The van der Waals surface area contributed by atoms with Crippen molar-refractivity contribution in [1.82, 2.24) is 19.5 Å². The van der Waals surface area contributed by atoms with E-state index in [-0.39, 0.29) is 32.5 Å². The lowest BCUT2D eigenvalue weighted by Gasteiger charge is -2.49. The van der Waals surface area contributed by atoms with Crippen LogP contribution in [0.1, 0.15) is 116 Å². The number of furan rings is 1. The standard InChI is InChI=1S/C47H35N3O.C44H35N.C38H33N/c1-46(2)38-21-10-8-16-32(38)34-27-24-30-29-18-12-19-35(31(29)25-26-33(30)42(34)47(46,3)4)44-48-43(28-14-6-5-7-15-28)49-45(50-44)37-20-13-23-40-41(37)36-17-9-11-22-39(36)51-40;1-43(2)37-14-8-5-13-36(37)42-38(44(43,3)4)26-22-29-17-18-31-27-30(21-25-33(31)41(29)42)28-19-23-32(24-20-28)45-39-15-9-6-11-34(39)35-12-7-10-16-40(35)45;1-37(2)34-18-12-11-17-32(34)33-23-21-26-19-20-27-25-30(22-24-31(27)35(26)36(33)38(37,3)4)39(28-13-7-5-8-14-28)29-15-9-6-10-16-29/h5-27H,1-4H3;5-27H,1-4H3;5-25H,1-4H3. The number of nitrogens with zero attached hydrogens (tertiary/aromatic N) is 5. The summed E-state index contributed by atoms with van der Waals surface area (Å²) in [6.07, 6.45) is 0. The van der Waals surface area contributed by atoms with Gasteiger partial charge >= 0.3 is 0 Å². The number of anilines is 3. The Bertz CT molecular complexity index is 8700. The van der Waals surface area contributed by atoms with Crippen LogP contribution in [0.5, 0.6) is 0 Å². The third kappa shape index (κ3) is 12.7. The van der Waals surface area contributed by atoms with Crippen molar-refractivity contribution in [3.8, 4) is 84.4 Å². The Morgan fingerprint density at radius 3 is 1.31 bits per heavy atom. The molecule has 0 spiro atoms. The molecule has 0 unspecified atom stereocenters. The number of para-hydroxylation sites is 5. The number of hydrogen-bond donors (Lipinski definition) is 0. The van der Waals surface area contributed by atoms with Gasteiger partial charge in [-0.25, -0.2) is 15.0 Å². The third-order valence-corrected chi connectivity index (χ3v) is 32.2. The molecule has 6 heteroatoms. The fourth-order valence-electron chi connectivity index (χ4n) is 23.2. The third-order valence-electron chi connectivity index (χ3n) is 32.2. The molecule has 3 aromatic heterocycles. The first-order valence-corrected chi connectivity index (χ1v) is 47.5. The van der Waals surface area contributed by atoms with Gasteiger partial charge in [0.25, 0.3) is 0 Å². The van der Waals surface area contributed by atoms with Crippen molar-refractivity contribution >= 4 is 125 Å². The maximum Gasteiger partial charge on any atom is 0.164 e. The average molecular weight is 1740 g/mol. The van der Waals surface area contributed by atoms with E-state index in [4.69, 9.17) is 19.4 Å². The normalized spacial score (nSPS) is 14.9. The summed E-state index contributed by atoms with van der Waals surface area (Å²) in [7, 11) is 0. The van der Waals surface area contributed by atoms with Crippen LogP contribution in [0.2, 0.25) is 0 Å². The molecule has 0 bridgehead atoms. The lowest BCUT2D eigenvalue weighted by atomic mass is 9.54. The fourth-order valence-corrected chi connectivity index (χ4v) is 23.2. The highest BCUT2D eigenvalue weighted by Gasteiger charge is 2.50. The van der Waals surface area contributed by atoms with Crippen LogP contribution in [0.25, 0.3) is 193 Å². The summed E-state index contributed by atoms with van der Waals surface area (Å²) in [5.74, 6) is 1.89. The van der Waals surface area contributed by atoms with Crippen molar-refractivity contribution in [2.45, 2.75) is 116 Å². The highest BCUT2D eigenvalue weighted by atomic mass is 16.3. The lowest BCUT2D eigenvalue weighted by Crippen LogP contribution is -2.43. The first-order valence-electron chi connectivity index (χ1n) is 47.5. The lowest BCUT2D eigenvalue weighted by molar-refractivity contribution is 0.299.